The van der Waals surface area contributed by atoms with E-state index in [0.29, 0.717) is 12.1 Å². The molecule has 1 rings (SSSR count). The Kier molecular flexibility index (Phi) is 5.33. The summed E-state index contributed by atoms with van der Waals surface area (Å²) in [6, 6.07) is 2.81. The third kappa shape index (κ3) is 5.88. The number of carbonyl (C=O) groups is 1. The number of nitrogens with zero attached hydrogens (tertiary/aromatic N) is 1. The first-order valence-electron chi connectivity index (χ1n) is 6.58. The lowest BCUT2D eigenvalue weighted by molar-refractivity contribution is -0.122. The van der Waals surface area contributed by atoms with Crippen LogP contribution in [-0.4, -0.2) is 28.2 Å². The molecule has 1 heterocycles. The summed E-state index contributed by atoms with van der Waals surface area (Å²) in [6.45, 7) is 6.12. The van der Waals surface area contributed by atoms with Crippen molar-refractivity contribution in [3.8, 4) is 0 Å². The SMILES string of the molecule is CC(C)(C)CC(O)CNC(=O)Cn1cc(N)ccc1=O. The molecule has 0 saturated heterocycles. The summed E-state index contributed by atoms with van der Waals surface area (Å²) >= 11 is 0. The van der Waals surface area contributed by atoms with Crippen molar-refractivity contribution < 1.29 is 9.90 Å². The Labute approximate surface area is 118 Å². The Bertz CT molecular complexity index is 517. The molecule has 0 bridgehead atoms. The van der Waals surface area contributed by atoms with E-state index >= 15 is 0 Å². The van der Waals surface area contributed by atoms with Gasteiger partial charge in [0.15, 0.2) is 0 Å². The highest BCUT2D eigenvalue weighted by molar-refractivity contribution is 5.75. The molecule has 20 heavy (non-hydrogen) atoms. The largest absolute Gasteiger partial charge is 0.398 e. The maximum atomic E-state index is 11.7. The highest BCUT2D eigenvalue weighted by atomic mass is 16.3. The number of aromatic nitrogens is 1. The van der Waals surface area contributed by atoms with E-state index < -0.39 is 6.10 Å². The zero-order chi connectivity index (χ0) is 15.3. The zero-order valence-corrected chi connectivity index (χ0v) is 12.2. The summed E-state index contributed by atoms with van der Waals surface area (Å²) in [4.78, 5) is 23.2. The van der Waals surface area contributed by atoms with Crippen LogP contribution in [0.25, 0.3) is 0 Å². The van der Waals surface area contributed by atoms with E-state index in [9.17, 15) is 14.7 Å². The minimum Gasteiger partial charge on any atom is -0.398 e. The highest BCUT2D eigenvalue weighted by Crippen LogP contribution is 2.20. The van der Waals surface area contributed by atoms with Crippen LogP contribution in [0.15, 0.2) is 23.1 Å². The van der Waals surface area contributed by atoms with Gasteiger partial charge in [0.25, 0.3) is 5.56 Å². The normalized spacial score (nSPS) is 13.0. The number of rotatable bonds is 5. The predicted octanol–water partition coefficient (Wildman–Crippen LogP) is 0.344. The number of pyridine rings is 1. The number of nitrogens with one attached hydrogen (secondary N) is 1. The average molecular weight is 281 g/mol. The van der Waals surface area contributed by atoms with Gasteiger partial charge in [0.1, 0.15) is 6.54 Å². The van der Waals surface area contributed by atoms with Crippen molar-refractivity contribution in [2.24, 2.45) is 5.41 Å². The topological polar surface area (TPSA) is 97.3 Å². The summed E-state index contributed by atoms with van der Waals surface area (Å²) in [5.74, 6) is -0.328. The fourth-order valence-corrected chi connectivity index (χ4v) is 1.89. The second-order valence-corrected chi connectivity index (χ2v) is 6.15. The maximum Gasteiger partial charge on any atom is 0.251 e. The minimum absolute atomic E-state index is 0.00500. The lowest BCUT2D eigenvalue weighted by atomic mass is 9.89. The standard InChI is InChI=1S/C14H23N3O3/c1-14(2,3)6-11(18)7-16-12(19)9-17-8-10(15)4-5-13(17)20/h4-5,8,11,18H,6-7,9,15H2,1-3H3,(H,16,19). The Balaban J connectivity index is 2.48. The Morgan fingerprint density at radius 3 is 2.70 bits per heavy atom. The third-order valence-corrected chi connectivity index (χ3v) is 2.70. The predicted molar refractivity (Wildman–Crippen MR) is 78.2 cm³/mol. The average Bonchev–Trinajstić information content (AvgIpc) is 2.29. The molecule has 0 radical (unpaired) electrons. The smallest absolute Gasteiger partial charge is 0.251 e. The highest BCUT2D eigenvalue weighted by Gasteiger charge is 2.17. The van der Waals surface area contributed by atoms with Crippen LogP contribution in [0.3, 0.4) is 0 Å². The molecule has 1 atom stereocenters. The molecule has 0 spiro atoms. The summed E-state index contributed by atoms with van der Waals surface area (Å²) in [7, 11) is 0. The summed E-state index contributed by atoms with van der Waals surface area (Å²) < 4.78 is 1.24. The van der Waals surface area contributed by atoms with Gasteiger partial charge in [-0.15, -0.1) is 0 Å². The number of amides is 1. The molecule has 4 N–H and O–H groups in total. The molecule has 1 aromatic rings. The van der Waals surface area contributed by atoms with E-state index in [-0.39, 0.29) is 30.0 Å². The molecule has 0 aliphatic carbocycles. The summed E-state index contributed by atoms with van der Waals surface area (Å²) in [5.41, 5.74) is 5.69. The number of hydrogen-bond acceptors (Lipinski definition) is 4. The van der Waals surface area contributed by atoms with Crippen LogP contribution in [0.4, 0.5) is 5.69 Å². The molecule has 1 unspecified atom stereocenters. The van der Waals surface area contributed by atoms with Crippen LogP contribution in [0.1, 0.15) is 27.2 Å². The number of nitrogens with two attached hydrogens (primary N) is 1. The van der Waals surface area contributed by atoms with Gasteiger partial charge in [-0.25, -0.2) is 0 Å². The summed E-state index contributed by atoms with van der Waals surface area (Å²) in [5, 5.41) is 12.4. The van der Waals surface area contributed by atoms with Crippen LogP contribution < -0.4 is 16.6 Å². The number of anilines is 1. The lowest BCUT2D eigenvalue weighted by Gasteiger charge is -2.22. The molecule has 0 aliphatic rings. The van der Waals surface area contributed by atoms with Gasteiger partial charge in [0.2, 0.25) is 5.91 Å². The number of nitrogen functional groups attached to an aromatic ring is 1. The van der Waals surface area contributed by atoms with Crippen molar-refractivity contribution in [3.05, 3.63) is 28.7 Å². The first-order chi connectivity index (χ1) is 9.17. The van der Waals surface area contributed by atoms with E-state index in [1.807, 2.05) is 20.8 Å². The van der Waals surface area contributed by atoms with Crippen molar-refractivity contribution in [2.75, 3.05) is 12.3 Å². The molecular formula is C14H23N3O3. The molecule has 6 nitrogen and oxygen atoms in total. The minimum atomic E-state index is -0.600. The van der Waals surface area contributed by atoms with E-state index in [0.717, 1.165) is 0 Å². The van der Waals surface area contributed by atoms with Gasteiger partial charge >= 0.3 is 0 Å². The zero-order valence-electron chi connectivity index (χ0n) is 12.2. The molecule has 1 amide bonds. The molecule has 1 aromatic heterocycles. The van der Waals surface area contributed by atoms with Gasteiger partial charge in [0.05, 0.1) is 6.10 Å². The Hall–Kier alpha value is -1.82. The molecule has 0 saturated carbocycles. The van der Waals surface area contributed by atoms with Crippen molar-refractivity contribution in [1.29, 1.82) is 0 Å². The quantitative estimate of drug-likeness (QED) is 0.725. The van der Waals surface area contributed by atoms with Gasteiger partial charge in [-0.3, -0.25) is 9.59 Å². The fraction of sp³-hybridized carbons (Fsp3) is 0.571. The first kappa shape index (κ1) is 16.2. The molecule has 0 aliphatic heterocycles. The van der Waals surface area contributed by atoms with Gasteiger partial charge in [0, 0.05) is 24.5 Å². The van der Waals surface area contributed by atoms with Crippen LogP contribution in [-0.2, 0) is 11.3 Å². The van der Waals surface area contributed by atoms with Gasteiger partial charge in [-0.2, -0.15) is 0 Å². The van der Waals surface area contributed by atoms with Crippen LogP contribution >= 0.6 is 0 Å². The van der Waals surface area contributed by atoms with E-state index in [2.05, 4.69) is 5.32 Å². The summed E-state index contributed by atoms with van der Waals surface area (Å²) in [6.07, 6.45) is 1.41. The van der Waals surface area contributed by atoms with Crippen molar-refractivity contribution in [2.45, 2.75) is 39.8 Å². The monoisotopic (exact) mass is 281 g/mol. The Morgan fingerprint density at radius 1 is 1.45 bits per heavy atom. The van der Waals surface area contributed by atoms with Gasteiger partial charge in [-0.1, -0.05) is 20.8 Å². The second kappa shape index (κ2) is 6.56. The van der Waals surface area contributed by atoms with Crippen LogP contribution in [0, 0.1) is 5.41 Å². The second-order valence-electron chi connectivity index (χ2n) is 6.15. The van der Waals surface area contributed by atoms with E-state index in [1.54, 1.807) is 0 Å². The molecular weight excluding hydrogens is 258 g/mol. The van der Waals surface area contributed by atoms with Crippen molar-refractivity contribution in [1.82, 2.24) is 9.88 Å². The van der Waals surface area contributed by atoms with Crippen LogP contribution in [0.2, 0.25) is 0 Å². The molecule has 112 valence electrons. The maximum absolute atomic E-state index is 11.7. The number of hydrogen-bond donors (Lipinski definition) is 3. The van der Waals surface area contributed by atoms with Crippen LogP contribution in [0.5, 0.6) is 0 Å². The molecule has 6 heteroatoms. The molecule has 0 aromatic carbocycles. The van der Waals surface area contributed by atoms with Gasteiger partial charge in [-0.05, 0) is 17.9 Å². The van der Waals surface area contributed by atoms with Crippen molar-refractivity contribution >= 4 is 11.6 Å². The van der Waals surface area contributed by atoms with Crippen molar-refractivity contribution in [3.63, 3.8) is 0 Å². The third-order valence-electron chi connectivity index (χ3n) is 2.70. The first-order valence-corrected chi connectivity index (χ1v) is 6.58. The van der Waals surface area contributed by atoms with E-state index in [1.165, 1.54) is 22.9 Å². The lowest BCUT2D eigenvalue weighted by Crippen LogP contribution is -2.37. The number of aliphatic hydroxyl groups is 1. The van der Waals surface area contributed by atoms with Gasteiger partial charge < -0.3 is 20.7 Å². The Morgan fingerprint density at radius 2 is 2.10 bits per heavy atom. The fourth-order valence-electron chi connectivity index (χ4n) is 1.89. The molecule has 0 fully saturated rings. The van der Waals surface area contributed by atoms with E-state index in [4.69, 9.17) is 5.73 Å². The number of aliphatic hydroxyl groups excluding tert-OH is 1. The number of carbonyl (C=O) groups excluding carboxylic acids is 1.